The molecule has 26 heavy (non-hydrogen) atoms. The monoisotopic (exact) mass is 356 g/mol. The van der Waals surface area contributed by atoms with Crippen LogP contribution in [0, 0.1) is 5.92 Å². The van der Waals surface area contributed by atoms with E-state index in [2.05, 4.69) is 20.8 Å². The number of carbonyl (C=O) groups excluding carboxylic acids is 2. The van der Waals surface area contributed by atoms with Gasteiger partial charge in [0.05, 0.1) is 5.56 Å². The molecule has 1 aliphatic rings. The molecule has 0 bridgehead atoms. The maximum absolute atomic E-state index is 12.4. The molecule has 1 fully saturated rings. The van der Waals surface area contributed by atoms with E-state index in [1.54, 1.807) is 0 Å². The minimum Gasteiger partial charge on any atom is -0.507 e. The Labute approximate surface area is 152 Å². The molecule has 0 spiro atoms. The van der Waals surface area contributed by atoms with Crippen molar-refractivity contribution in [1.82, 2.24) is 10.2 Å². The zero-order chi connectivity index (χ0) is 18.5. The summed E-state index contributed by atoms with van der Waals surface area (Å²) in [6.45, 7) is 1.38. The Morgan fingerprint density at radius 3 is 2.69 bits per heavy atom. The van der Waals surface area contributed by atoms with Crippen molar-refractivity contribution < 1.29 is 14.7 Å². The third-order valence-electron chi connectivity index (χ3n) is 4.67. The highest BCUT2D eigenvalue weighted by molar-refractivity contribution is 6.06. The number of aromatic hydroxyl groups is 1. The van der Waals surface area contributed by atoms with Crippen molar-refractivity contribution in [1.29, 1.82) is 0 Å². The number of nitrogens with one attached hydrogen (secondary N) is 3. The Morgan fingerprint density at radius 2 is 1.96 bits per heavy atom. The van der Waals surface area contributed by atoms with Crippen molar-refractivity contribution >= 4 is 23.3 Å². The highest BCUT2D eigenvalue weighted by atomic mass is 16.3. The van der Waals surface area contributed by atoms with Crippen molar-refractivity contribution in [2.45, 2.75) is 45.4 Å². The van der Waals surface area contributed by atoms with Gasteiger partial charge in [0, 0.05) is 24.4 Å². The van der Waals surface area contributed by atoms with E-state index in [0.29, 0.717) is 17.4 Å². The topological polar surface area (TPSA) is 107 Å². The van der Waals surface area contributed by atoms with E-state index < -0.39 is 5.91 Å². The second kappa shape index (κ2) is 8.03. The van der Waals surface area contributed by atoms with Crippen molar-refractivity contribution in [2.75, 3.05) is 10.6 Å². The molecule has 1 aromatic carbocycles. The van der Waals surface area contributed by atoms with Gasteiger partial charge < -0.3 is 15.7 Å². The molecule has 1 aromatic heterocycles. The van der Waals surface area contributed by atoms with Crippen LogP contribution in [0.4, 0.5) is 11.5 Å². The first-order valence-electron chi connectivity index (χ1n) is 8.97. The van der Waals surface area contributed by atoms with Crippen LogP contribution >= 0.6 is 0 Å². The van der Waals surface area contributed by atoms with Crippen molar-refractivity contribution in [2.24, 2.45) is 5.92 Å². The third kappa shape index (κ3) is 4.62. The lowest BCUT2D eigenvalue weighted by molar-refractivity contribution is -0.114. The number of H-pyrrole nitrogens is 1. The van der Waals surface area contributed by atoms with E-state index in [-0.39, 0.29) is 17.2 Å². The standard InChI is InChI=1S/C19H24N4O3/c1-12(24)20-14-7-8-17(25)16(10-14)19(26)21-18-11-15(22-23-18)9-13-5-3-2-4-6-13/h7-8,10-11,13,25H,2-6,9H2,1H3,(H,20,24)(H2,21,22,23,26). The minimum absolute atomic E-state index is 0.0769. The average Bonchev–Trinajstić information content (AvgIpc) is 3.04. The molecule has 138 valence electrons. The largest absolute Gasteiger partial charge is 0.507 e. The zero-order valence-corrected chi connectivity index (χ0v) is 14.8. The number of aromatic amines is 1. The van der Waals surface area contributed by atoms with Gasteiger partial charge in [0.1, 0.15) is 5.75 Å². The van der Waals surface area contributed by atoms with Gasteiger partial charge in [-0.05, 0) is 30.5 Å². The number of amides is 2. The summed E-state index contributed by atoms with van der Waals surface area (Å²) >= 11 is 0. The predicted molar refractivity (Wildman–Crippen MR) is 99.2 cm³/mol. The SMILES string of the molecule is CC(=O)Nc1ccc(O)c(C(=O)Nc2cc(CC3CCCCC3)[nH]n2)c1. The van der Waals surface area contributed by atoms with Gasteiger partial charge in [-0.3, -0.25) is 14.7 Å². The van der Waals surface area contributed by atoms with Gasteiger partial charge in [0.25, 0.3) is 5.91 Å². The zero-order valence-electron chi connectivity index (χ0n) is 14.8. The normalized spacial score (nSPS) is 14.8. The molecule has 0 unspecified atom stereocenters. The fourth-order valence-corrected chi connectivity index (χ4v) is 3.42. The lowest BCUT2D eigenvalue weighted by Crippen LogP contribution is -2.13. The molecule has 1 aliphatic carbocycles. The number of rotatable bonds is 5. The summed E-state index contributed by atoms with van der Waals surface area (Å²) in [7, 11) is 0. The predicted octanol–water partition coefficient (Wildman–Crippen LogP) is 3.45. The van der Waals surface area contributed by atoms with Crippen molar-refractivity contribution in [3.8, 4) is 5.75 Å². The van der Waals surface area contributed by atoms with E-state index in [1.165, 1.54) is 57.2 Å². The Morgan fingerprint density at radius 1 is 1.19 bits per heavy atom. The van der Waals surface area contributed by atoms with Gasteiger partial charge >= 0.3 is 0 Å². The van der Waals surface area contributed by atoms with E-state index in [9.17, 15) is 14.7 Å². The van der Waals surface area contributed by atoms with Crippen LogP contribution < -0.4 is 10.6 Å². The first kappa shape index (κ1) is 18.0. The number of carbonyl (C=O) groups is 2. The number of aromatic nitrogens is 2. The van der Waals surface area contributed by atoms with Gasteiger partial charge in [0.15, 0.2) is 5.82 Å². The average molecular weight is 356 g/mol. The van der Waals surface area contributed by atoms with E-state index in [1.807, 2.05) is 6.07 Å². The molecule has 0 atom stereocenters. The highest BCUT2D eigenvalue weighted by Gasteiger charge is 2.17. The summed E-state index contributed by atoms with van der Waals surface area (Å²) in [5, 5.41) is 22.3. The Hall–Kier alpha value is -2.83. The lowest BCUT2D eigenvalue weighted by Gasteiger charge is -2.20. The maximum atomic E-state index is 12.4. The fraction of sp³-hybridized carbons (Fsp3) is 0.421. The van der Waals surface area contributed by atoms with Gasteiger partial charge in [-0.15, -0.1) is 0 Å². The summed E-state index contributed by atoms with van der Waals surface area (Å²) in [6, 6.07) is 6.17. The third-order valence-corrected chi connectivity index (χ3v) is 4.67. The molecule has 0 aliphatic heterocycles. The molecule has 1 heterocycles. The molecule has 4 N–H and O–H groups in total. The number of hydrogen-bond acceptors (Lipinski definition) is 4. The molecule has 1 saturated carbocycles. The molecule has 7 nitrogen and oxygen atoms in total. The quantitative estimate of drug-likeness (QED) is 0.615. The minimum atomic E-state index is -0.481. The smallest absolute Gasteiger partial charge is 0.260 e. The van der Waals surface area contributed by atoms with Crippen LogP contribution in [0.15, 0.2) is 24.3 Å². The summed E-state index contributed by atoms with van der Waals surface area (Å²) in [5.74, 6) is 0.206. The number of anilines is 2. The summed E-state index contributed by atoms with van der Waals surface area (Å²) in [6.07, 6.45) is 7.31. The molecule has 3 rings (SSSR count). The van der Waals surface area contributed by atoms with Gasteiger partial charge in [-0.2, -0.15) is 5.10 Å². The second-order valence-corrected chi connectivity index (χ2v) is 6.85. The maximum Gasteiger partial charge on any atom is 0.260 e. The van der Waals surface area contributed by atoms with Gasteiger partial charge in [-0.25, -0.2) is 0 Å². The molecule has 2 aromatic rings. The van der Waals surface area contributed by atoms with Crippen LogP contribution in [0.1, 0.15) is 55.1 Å². The summed E-state index contributed by atoms with van der Waals surface area (Å²) in [4.78, 5) is 23.6. The van der Waals surface area contributed by atoms with Gasteiger partial charge in [0.2, 0.25) is 5.91 Å². The van der Waals surface area contributed by atoms with Crippen LogP contribution in [-0.2, 0) is 11.2 Å². The van der Waals surface area contributed by atoms with Crippen LogP contribution in [0.2, 0.25) is 0 Å². The summed E-state index contributed by atoms with van der Waals surface area (Å²) < 4.78 is 0. The van der Waals surface area contributed by atoms with Crippen LogP contribution in [0.5, 0.6) is 5.75 Å². The fourth-order valence-electron chi connectivity index (χ4n) is 3.42. The number of benzene rings is 1. The second-order valence-electron chi connectivity index (χ2n) is 6.85. The lowest BCUT2D eigenvalue weighted by atomic mass is 9.86. The van der Waals surface area contributed by atoms with E-state index >= 15 is 0 Å². The van der Waals surface area contributed by atoms with Crippen molar-refractivity contribution in [3.05, 3.63) is 35.5 Å². The van der Waals surface area contributed by atoms with Crippen molar-refractivity contribution in [3.63, 3.8) is 0 Å². The first-order chi connectivity index (χ1) is 12.5. The molecule has 7 heteroatoms. The molecule has 0 saturated heterocycles. The van der Waals surface area contributed by atoms with E-state index in [4.69, 9.17) is 0 Å². The van der Waals surface area contributed by atoms with Crippen LogP contribution in [0.25, 0.3) is 0 Å². The van der Waals surface area contributed by atoms with E-state index in [0.717, 1.165) is 12.1 Å². The number of hydrogen-bond donors (Lipinski definition) is 4. The number of phenolic OH excluding ortho intramolecular Hbond substituents is 1. The Kier molecular flexibility index (Phi) is 5.55. The molecular weight excluding hydrogens is 332 g/mol. The van der Waals surface area contributed by atoms with Crippen LogP contribution in [0.3, 0.4) is 0 Å². The molecule has 0 radical (unpaired) electrons. The van der Waals surface area contributed by atoms with Gasteiger partial charge in [-0.1, -0.05) is 32.1 Å². The highest BCUT2D eigenvalue weighted by Crippen LogP contribution is 2.27. The molecular formula is C19H24N4O3. The molecule has 2 amide bonds. The van der Waals surface area contributed by atoms with Crippen LogP contribution in [-0.4, -0.2) is 27.1 Å². The Balaban J connectivity index is 1.65. The summed E-state index contributed by atoms with van der Waals surface area (Å²) in [5.41, 5.74) is 1.52. The first-order valence-corrected chi connectivity index (χ1v) is 8.97. The Bertz CT molecular complexity index is 794. The number of phenols is 1. The number of nitrogens with zero attached hydrogens (tertiary/aromatic N) is 1.